The van der Waals surface area contributed by atoms with Crippen molar-refractivity contribution in [2.75, 3.05) is 21.2 Å². The molecule has 0 atom stereocenters. The second-order valence-corrected chi connectivity index (χ2v) is 4.90. The zero-order chi connectivity index (χ0) is 15.3. The predicted octanol–water partition coefficient (Wildman–Crippen LogP) is 2.41. The molecule has 20 heavy (non-hydrogen) atoms. The Morgan fingerprint density at radius 3 is 2.50 bits per heavy atom. The van der Waals surface area contributed by atoms with Gasteiger partial charge in [-0.15, -0.1) is 0 Å². The van der Waals surface area contributed by atoms with Gasteiger partial charge in [0.2, 0.25) is 5.78 Å². The number of methoxy groups -OCH3 is 1. The Bertz CT molecular complexity index is 600. The van der Waals surface area contributed by atoms with Crippen molar-refractivity contribution in [1.29, 1.82) is 0 Å². The number of hydrogen-bond acceptors (Lipinski definition) is 4. The molecule has 0 fully saturated rings. The van der Waals surface area contributed by atoms with E-state index in [1.165, 1.54) is 19.2 Å². The van der Waals surface area contributed by atoms with Crippen molar-refractivity contribution in [3.63, 3.8) is 0 Å². The molecule has 0 aliphatic heterocycles. The average Bonchev–Trinajstić information content (AvgIpc) is 2.40. The Morgan fingerprint density at radius 1 is 1.30 bits per heavy atom. The summed E-state index contributed by atoms with van der Waals surface area (Å²) in [6, 6.07) is 5.56. The minimum atomic E-state index is -0.584. The molecule has 6 heteroatoms. The summed E-state index contributed by atoms with van der Waals surface area (Å²) in [5.74, 6) is 1.52. The number of hydrogen-bond donors (Lipinski definition) is 0. The minimum absolute atomic E-state index is 0.0661. The first-order valence-electron chi connectivity index (χ1n) is 5.63. The summed E-state index contributed by atoms with van der Waals surface area (Å²) in [6.07, 6.45) is -0.0661. The van der Waals surface area contributed by atoms with Crippen molar-refractivity contribution in [1.82, 2.24) is 4.90 Å². The van der Waals surface area contributed by atoms with Crippen LogP contribution in [0, 0.1) is 12.0 Å². The molecule has 0 saturated heterocycles. The Labute approximate surface area is 127 Å². The van der Waals surface area contributed by atoms with E-state index in [1.807, 2.05) is 0 Å². The number of Topliss-reactive ketones (excluding diaryl/α,β-unsaturated/α-hetero) is 1. The van der Waals surface area contributed by atoms with Crippen LogP contribution in [0.15, 0.2) is 12.1 Å². The lowest BCUT2D eigenvalue weighted by atomic mass is 10.1. The van der Waals surface area contributed by atoms with Crippen molar-refractivity contribution in [2.24, 2.45) is 0 Å². The molecule has 0 amide bonds. The number of benzene rings is 1. The van der Waals surface area contributed by atoms with Crippen LogP contribution in [0.2, 0.25) is 10.0 Å². The van der Waals surface area contributed by atoms with Crippen molar-refractivity contribution in [2.45, 2.75) is 6.42 Å². The maximum atomic E-state index is 11.7. The van der Waals surface area contributed by atoms with Gasteiger partial charge in [-0.1, -0.05) is 23.2 Å². The Balaban J connectivity index is 3.10. The molecule has 0 aliphatic rings. The number of carbonyl (C=O) groups is 2. The summed E-state index contributed by atoms with van der Waals surface area (Å²) in [4.78, 5) is 24.8. The monoisotopic (exact) mass is 313 g/mol. The number of rotatable bonds is 3. The second-order valence-electron chi connectivity index (χ2n) is 4.11. The summed E-state index contributed by atoms with van der Waals surface area (Å²) in [6.45, 7) is 0. The van der Waals surface area contributed by atoms with E-state index in [4.69, 9.17) is 23.2 Å². The largest absolute Gasteiger partial charge is 0.465 e. The van der Waals surface area contributed by atoms with Crippen molar-refractivity contribution < 1.29 is 14.3 Å². The van der Waals surface area contributed by atoms with Gasteiger partial charge in [-0.05, 0) is 23.6 Å². The molecular weight excluding hydrogens is 301 g/mol. The van der Waals surface area contributed by atoms with Gasteiger partial charge in [0.15, 0.2) is 0 Å². The Morgan fingerprint density at radius 2 is 1.95 bits per heavy atom. The standard InChI is InChI=1S/C14H13Cl2NO3/c1-17(2)7-6-9(18)8-11-12(15)5-4-10(13(11)16)14(19)20-3/h4-5H,8H2,1-3H3. The summed E-state index contributed by atoms with van der Waals surface area (Å²) in [5.41, 5.74) is 0.538. The highest BCUT2D eigenvalue weighted by Crippen LogP contribution is 2.29. The van der Waals surface area contributed by atoms with Gasteiger partial charge in [0.1, 0.15) is 0 Å². The SMILES string of the molecule is COC(=O)c1ccc(Cl)c(CC(=O)C#CN(C)C)c1Cl. The van der Waals surface area contributed by atoms with E-state index in [1.54, 1.807) is 19.0 Å². The van der Waals surface area contributed by atoms with Gasteiger partial charge in [0.05, 0.1) is 17.7 Å². The quantitative estimate of drug-likeness (QED) is 0.488. The molecule has 106 valence electrons. The fourth-order valence-electron chi connectivity index (χ4n) is 1.41. The first kappa shape index (κ1) is 16.4. The van der Waals surface area contributed by atoms with E-state index < -0.39 is 5.97 Å². The normalized spacial score (nSPS) is 9.45. The van der Waals surface area contributed by atoms with E-state index in [-0.39, 0.29) is 22.8 Å². The maximum absolute atomic E-state index is 11.7. The highest BCUT2D eigenvalue weighted by Gasteiger charge is 2.18. The molecule has 1 aromatic carbocycles. The van der Waals surface area contributed by atoms with Gasteiger partial charge < -0.3 is 9.64 Å². The molecule has 0 bridgehead atoms. The fourth-order valence-corrected chi connectivity index (χ4v) is 1.99. The Hall–Kier alpha value is -1.70. The van der Waals surface area contributed by atoms with Crippen LogP contribution in [0.1, 0.15) is 15.9 Å². The third-order valence-corrected chi connectivity index (χ3v) is 3.13. The van der Waals surface area contributed by atoms with Crippen LogP contribution in [0.5, 0.6) is 0 Å². The molecule has 1 aromatic rings. The van der Waals surface area contributed by atoms with Crippen LogP contribution in [0.25, 0.3) is 0 Å². The number of esters is 1. The van der Waals surface area contributed by atoms with Gasteiger partial charge >= 0.3 is 5.97 Å². The van der Waals surface area contributed by atoms with Crippen molar-refractivity contribution in [3.05, 3.63) is 33.3 Å². The third kappa shape index (κ3) is 4.16. The highest BCUT2D eigenvalue weighted by atomic mass is 35.5. The molecule has 0 spiro atoms. The lowest BCUT2D eigenvalue weighted by molar-refractivity contribution is -0.113. The van der Waals surface area contributed by atoms with Crippen LogP contribution < -0.4 is 0 Å². The van der Waals surface area contributed by atoms with Crippen LogP contribution >= 0.6 is 23.2 Å². The number of ether oxygens (including phenoxy) is 1. The zero-order valence-corrected chi connectivity index (χ0v) is 12.8. The minimum Gasteiger partial charge on any atom is -0.465 e. The van der Waals surface area contributed by atoms with Gasteiger partial charge in [-0.25, -0.2) is 4.79 Å². The highest BCUT2D eigenvalue weighted by molar-refractivity contribution is 6.38. The van der Waals surface area contributed by atoms with E-state index >= 15 is 0 Å². The molecule has 0 saturated carbocycles. The van der Waals surface area contributed by atoms with E-state index in [0.29, 0.717) is 10.6 Å². The molecule has 0 radical (unpaired) electrons. The summed E-state index contributed by atoms with van der Waals surface area (Å²) in [7, 11) is 4.69. The molecule has 0 heterocycles. The van der Waals surface area contributed by atoms with Crippen molar-refractivity contribution >= 4 is 35.0 Å². The van der Waals surface area contributed by atoms with E-state index in [2.05, 4.69) is 16.7 Å². The van der Waals surface area contributed by atoms with Gasteiger partial charge in [-0.3, -0.25) is 4.79 Å². The molecule has 0 N–H and O–H groups in total. The molecule has 4 nitrogen and oxygen atoms in total. The number of halogens is 2. The van der Waals surface area contributed by atoms with Crippen LogP contribution in [0.3, 0.4) is 0 Å². The maximum Gasteiger partial charge on any atom is 0.339 e. The van der Waals surface area contributed by atoms with Crippen molar-refractivity contribution in [3.8, 4) is 12.0 Å². The number of carbonyl (C=O) groups excluding carboxylic acids is 2. The Kier molecular flexibility index (Phi) is 5.87. The predicted molar refractivity (Wildman–Crippen MR) is 78.0 cm³/mol. The summed E-state index contributed by atoms with van der Waals surface area (Å²) >= 11 is 12.1. The second kappa shape index (κ2) is 7.18. The smallest absolute Gasteiger partial charge is 0.339 e. The average molecular weight is 314 g/mol. The fraction of sp³-hybridized carbons (Fsp3) is 0.286. The summed E-state index contributed by atoms with van der Waals surface area (Å²) in [5, 5.41) is 0.423. The zero-order valence-electron chi connectivity index (χ0n) is 11.3. The molecule has 0 aromatic heterocycles. The molecule has 0 unspecified atom stereocenters. The third-order valence-electron chi connectivity index (χ3n) is 2.35. The molecular formula is C14H13Cl2NO3. The first-order valence-corrected chi connectivity index (χ1v) is 6.39. The topological polar surface area (TPSA) is 46.6 Å². The van der Waals surface area contributed by atoms with Crippen LogP contribution in [-0.2, 0) is 16.0 Å². The van der Waals surface area contributed by atoms with Gasteiger partial charge in [0.25, 0.3) is 0 Å². The van der Waals surface area contributed by atoms with E-state index in [9.17, 15) is 9.59 Å². The molecule has 1 rings (SSSR count). The lowest BCUT2D eigenvalue weighted by Gasteiger charge is -2.08. The van der Waals surface area contributed by atoms with E-state index in [0.717, 1.165) is 0 Å². The summed E-state index contributed by atoms with van der Waals surface area (Å²) < 4.78 is 4.61. The van der Waals surface area contributed by atoms with Crippen LogP contribution in [0.4, 0.5) is 0 Å². The van der Waals surface area contributed by atoms with Gasteiger partial charge in [-0.2, -0.15) is 0 Å². The number of ketones is 1. The van der Waals surface area contributed by atoms with Crippen LogP contribution in [-0.4, -0.2) is 37.9 Å². The lowest BCUT2D eigenvalue weighted by Crippen LogP contribution is -2.08. The number of nitrogens with zero attached hydrogens (tertiary/aromatic N) is 1. The first-order chi connectivity index (χ1) is 9.36. The molecule has 0 aliphatic carbocycles. The van der Waals surface area contributed by atoms with Gasteiger partial charge in [0, 0.05) is 31.6 Å².